The van der Waals surface area contributed by atoms with E-state index in [0.29, 0.717) is 5.56 Å². The summed E-state index contributed by atoms with van der Waals surface area (Å²) in [6, 6.07) is 26.4. The van der Waals surface area contributed by atoms with Gasteiger partial charge in [0, 0.05) is 38.4 Å². The number of allylic oxidation sites excluding steroid dienone is 1. The molecular formula is C30H32N4. The predicted molar refractivity (Wildman–Crippen MR) is 142 cm³/mol. The quantitative estimate of drug-likeness (QED) is 0.539. The number of hydrogen-bond donors (Lipinski definition) is 1. The monoisotopic (exact) mass is 448 g/mol. The Kier molecular flexibility index (Phi) is 6.38. The molecule has 2 heterocycles. The summed E-state index contributed by atoms with van der Waals surface area (Å²) < 4.78 is 0. The molecule has 3 aromatic rings. The molecule has 34 heavy (non-hydrogen) atoms. The fourth-order valence-electron chi connectivity index (χ4n) is 5.55. The van der Waals surface area contributed by atoms with E-state index >= 15 is 0 Å². The minimum Gasteiger partial charge on any atom is -0.394 e. The van der Waals surface area contributed by atoms with Crippen LogP contribution in [-0.4, -0.2) is 44.2 Å². The average molecular weight is 449 g/mol. The Hall–Kier alpha value is -3.55. The highest BCUT2D eigenvalue weighted by Crippen LogP contribution is 2.38. The summed E-state index contributed by atoms with van der Waals surface area (Å²) in [6.45, 7) is 6.85. The number of rotatable bonds is 5. The van der Waals surface area contributed by atoms with Gasteiger partial charge < -0.3 is 10.2 Å². The first-order valence-corrected chi connectivity index (χ1v) is 12.3. The Balaban J connectivity index is 1.50. The first-order chi connectivity index (χ1) is 16.7. The van der Waals surface area contributed by atoms with Crippen LogP contribution in [0, 0.1) is 11.3 Å². The van der Waals surface area contributed by atoms with E-state index < -0.39 is 0 Å². The maximum Gasteiger partial charge on any atom is 0.0991 e. The molecular weight excluding hydrogens is 416 g/mol. The van der Waals surface area contributed by atoms with Crippen LogP contribution in [0.5, 0.6) is 0 Å². The smallest absolute Gasteiger partial charge is 0.0991 e. The molecule has 2 aliphatic rings. The summed E-state index contributed by atoms with van der Waals surface area (Å²) in [5.41, 5.74) is 9.13. The van der Waals surface area contributed by atoms with Gasteiger partial charge in [-0.1, -0.05) is 42.5 Å². The maximum atomic E-state index is 9.19. The number of nitrogens with one attached hydrogen (secondary N) is 1. The summed E-state index contributed by atoms with van der Waals surface area (Å²) in [5, 5.41) is 12.4. The lowest BCUT2D eigenvalue weighted by Gasteiger charge is -2.38. The van der Waals surface area contributed by atoms with Crippen molar-refractivity contribution in [1.29, 1.82) is 5.26 Å². The van der Waals surface area contributed by atoms with E-state index in [2.05, 4.69) is 76.8 Å². The van der Waals surface area contributed by atoms with Crippen molar-refractivity contribution in [3.63, 3.8) is 0 Å². The van der Waals surface area contributed by atoms with Crippen molar-refractivity contribution in [3.8, 4) is 28.3 Å². The largest absolute Gasteiger partial charge is 0.394 e. The van der Waals surface area contributed by atoms with Crippen LogP contribution < -0.4 is 10.2 Å². The fraction of sp³-hybridized carbons (Fsp3) is 0.300. The Morgan fingerprint density at radius 3 is 2.26 bits per heavy atom. The molecule has 2 fully saturated rings. The highest BCUT2D eigenvalue weighted by atomic mass is 15.3. The standard InChI is InChI=1S/C30H32N4/c1-22(20-32-2)30-28(24-10-8-23(19-31)9-11-24)6-3-7-29(30)25-12-14-26(15-13-25)34-18-17-33-16-4-5-27(33)21-34/h3,6-15,20,27,32H,4-5,16-18,21H2,1-2H3/b22-20-. The van der Waals surface area contributed by atoms with E-state index in [1.807, 2.05) is 31.3 Å². The minimum atomic E-state index is 0.679. The van der Waals surface area contributed by atoms with Gasteiger partial charge in [-0.05, 0) is 90.2 Å². The number of fused-ring (bicyclic) bond motifs is 1. The molecule has 1 atom stereocenters. The minimum absolute atomic E-state index is 0.679. The highest BCUT2D eigenvalue weighted by Gasteiger charge is 2.30. The van der Waals surface area contributed by atoms with Crippen LogP contribution in [0.25, 0.3) is 27.8 Å². The number of nitriles is 1. The molecule has 4 heteroatoms. The van der Waals surface area contributed by atoms with E-state index in [0.717, 1.165) is 24.7 Å². The van der Waals surface area contributed by atoms with Crippen LogP contribution in [0.15, 0.2) is 72.9 Å². The first-order valence-electron chi connectivity index (χ1n) is 12.3. The molecule has 0 saturated carbocycles. The normalized spacial score (nSPS) is 18.4. The van der Waals surface area contributed by atoms with Gasteiger partial charge in [0.15, 0.2) is 0 Å². The van der Waals surface area contributed by atoms with Crippen LogP contribution >= 0.6 is 0 Å². The van der Waals surface area contributed by atoms with E-state index in [-0.39, 0.29) is 0 Å². The van der Waals surface area contributed by atoms with Crippen LogP contribution in [0.1, 0.15) is 30.9 Å². The van der Waals surface area contributed by atoms with E-state index in [4.69, 9.17) is 0 Å². The molecule has 1 N–H and O–H groups in total. The van der Waals surface area contributed by atoms with Crippen molar-refractivity contribution in [2.75, 3.05) is 38.1 Å². The van der Waals surface area contributed by atoms with Crippen molar-refractivity contribution in [3.05, 3.63) is 84.1 Å². The molecule has 0 aliphatic carbocycles. The molecule has 4 nitrogen and oxygen atoms in total. The summed E-state index contributed by atoms with van der Waals surface area (Å²) in [7, 11) is 1.94. The van der Waals surface area contributed by atoms with E-state index in [1.165, 1.54) is 59.4 Å². The maximum absolute atomic E-state index is 9.19. The predicted octanol–water partition coefficient (Wildman–Crippen LogP) is 5.76. The second-order valence-electron chi connectivity index (χ2n) is 9.36. The van der Waals surface area contributed by atoms with Gasteiger partial charge in [-0.2, -0.15) is 5.26 Å². The van der Waals surface area contributed by atoms with Crippen LogP contribution in [0.3, 0.4) is 0 Å². The summed E-state index contributed by atoms with van der Waals surface area (Å²) in [6.07, 6.45) is 4.73. The number of benzene rings is 3. The highest BCUT2D eigenvalue weighted by molar-refractivity contribution is 5.90. The lowest BCUT2D eigenvalue weighted by atomic mass is 9.88. The Labute approximate surface area is 203 Å². The molecule has 0 radical (unpaired) electrons. The van der Waals surface area contributed by atoms with Crippen molar-refractivity contribution >= 4 is 11.3 Å². The van der Waals surface area contributed by atoms with Gasteiger partial charge in [0.2, 0.25) is 0 Å². The third-order valence-electron chi connectivity index (χ3n) is 7.28. The zero-order chi connectivity index (χ0) is 23.5. The summed E-state index contributed by atoms with van der Waals surface area (Å²) >= 11 is 0. The molecule has 3 aromatic carbocycles. The van der Waals surface area contributed by atoms with Gasteiger partial charge >= 0.3 is 0 Å². The van der Waals surface area contributed by atoms with Crippen molar-refractivity contribution < 1.29 is 0 Å². The molecule has 1 unspecified atom stereocenters. The van der Waals surface area contributed by atoms with Gasteiger partial charge in [0.25, 0.3) is 0 Å². The molecule has 0 aromatic heterocycles. The third kappa shape index (κ3) is 4.32. The molecule has 5 rings (SSSR count). The summed E-state index contributed by atoms with van der Waals surface area (Å²) in [5.74, 6) is 0. The van der Waals surface area contributed by atoms with Gasteiger partial charge in [-0.25, -0.2) is 0 Å². The second kappa shape index (κ2) is 9.75. The zero-order valence-electron chi connectivity index (χ0n) is 20.1. The van der Waals surface area contributed by atoms with Gasteiger partial charge in [-0.3, -0.25) is 4.90 Å². The summed E-state index contributed by atoms with van der Waals surface area (Å²) in [4.78, 5) is 5.21. The fourth-order valence-corrected chi connectivity index (χ4v) is 5.55. The number of anilines is 1. The van der Waals surface area contributed by atoms with Gasteiger partial charge in [0.05, 0.1) is 11.6 Å². The van der Waals surface area contributed by atoms with E-state index in [1.54, 1.807) is 0 Å². The van der Waals surface area contributed by atoms with Crippen molar-refractivity contribution in [1.82, 2.24) is 10.2 Å². The van der Waals surface area contributed by atoms with E-state index in [9.17, 15) is 5.26 Å². The molecule has 0 amide bonds. The van der Waals surface area contributed by atoms with Crippen molar-refractivity contribution in [2.45, 2.75) is 25.8 Å². The Bertz CT molecular complexity index is 1220. The van der Waals surface area contributed by atoms with Crippen LogP contribution in [0.4, 0.5) is 5.69 Å². The zero-order valence-corrected chi connectivity index (χ0v) is 20.1. The SMILES string of the molecule is CN/C=C(/C)c1c(-c2ccc(C#N)cc2)cccc1-c1ccc(N2CCN3CCCC3C2)cc1. The topological polar surface area (TPSA) is 42.3 Å². The molecule has 2 saturated heterocycles. The number of hydrogen-bond acceptors (Lipinski definition) is 4. The third-order valence-corrected chi connectivity index (χ3v) is 7.28. The lowest BCUT2D eigenvalue weighted by molar-refractivity contribution is 0.231. The van der Waals surface area contributed by atoms with Crippen LogP contribution in [-0.2, 0) is 0 Å². The Morgan fingerprint density at radius 2 is 1.62 bits per heavy atom. The second-order valence-corrected chi connectivity index (χ2v) is 9.36. The molecule has 0 spiro atoms. The molecule has 0 bridgehead atoms. The van der Waals surface area contributed by atoms with Crippen LogP contribution in [0.2, 0.25) is 0 Å². The first kappa shape index (κ1) is 22.3. The van der Waals surface area contributed by atoms with Gasteiger partial charge in [0.1, 0.15) is 0 Å². The number of nitrogens with zero attached hydrogens (tertiary/aromatic N) is 3. The Morgan fingerprint density at radius 1 is 0.941 bits per heavy atom. The van der Waals surface area contributed by atoms with Crippen molar-refractivity contribution in [2.24, 2.45) is 0 Å². The average Bonchev–Trinajstić information content (AvgIpc) is 3.36. The molecule has 2 aliphatic heterocycles. The molecule has 172 valence electrons. The number of piperazine rings is 1. The lowest BCUT2D eigenvalue weighted by Crippen LogP contribution is -2.50. The van der Waals surface area contributed by atoms with Gasteiger partial charge in [-0.15, -0.1) is 0 Å².